The van der Waals surface area contributed by atoms with E-state index in [1.807, 2.05) is 0 Å². The molecule has 7 N–H and O–H groups in total. The molecule has 0 unspecified atom stereocenters. The van der Waals surface area contributed by atoms with Gasteiger partial charge < -0.3 is 41.1 Å². The minimum atomic E-state index is -2.63. The number of allylic oxidation sites excluding steroid dienone is 3. The predicted molar refractivity (Wildman–Crippen MR) is 166 cm³/mol. The first kappa shape index (κ1) is 33.9. The first-order valence-electron chi connectivity index (χ1n) is 14.2. The SMILES string of the molecule is CN(C)C(/C=C(\CO)CNC(=O)Oc1ccc(Br)cc1)=C1/CC(=O)C2=C(O)[C@]3(O)C(=O)C(C(N)=O)=C(O)[C@@H](N(C)C)[C@@H]3C[C@@H]2C1. The van der Waals surface area contributed by atoms with Crippen molar-refractivity contribution in [3.05, 3.63) is 74.3 Å². The fourth-order valence-electron chi connectivity index (χ4n) is 6.41. The van der Waals surface area contributed by atoms with Crippen molar-refractivity contribution in [2.45, 2.75) is 30.9 Å². The van der Waals surface area contributed by atoms with E-state index in [-0.39, 0.29) is 31.4 Å². The zero-order valence-electron chi connectivity index (χ0n) is 25.3. The molecule has 0 bridgehead atoms. The summed E-state index contributed by atoms with van der Waals surface area (Å²) < 4.78 is 6.08. The zero-order valence-corrected chi connectivity index (χ0v) is 26.9. The van der Waals surface area contributed by atoms with Gasteiger partial charge in [0, 0.05) is 48.7 Å². The molecule has 242 valence electrons. The molecule has 1 aromatic carbocycles. The van der Waals surface area contributed by atoms with Crippen LogP contribution in [0.5, 0.6) is 5.75 Å². The van der Waals surface area contributed by atoms with E-state index in [9.17, 15) is 39.6 Å². The number of nitrogens with two attached hydrogens (primary N) is 1. The number of nitrogens with one attached hydrogen (secondary N) is 1. The van der Waals surface area contributed by atoms with Crippen molar-refractivity contribution in [3.8, 4) is 5.75 Å². The number of rotatable bonds is 8. The molecule has 1 aromatic rings. The van der Waals surface area contributed by atoms with E-state index >= 15 is 0 Å². The fraction of sp³-hybridized carbons (Fsp3) is 0.419. The highest BCUT2D eigenvalue weighted by molar-refractivity contribution is 9.10. The second-order valence-corrected chi connectivity index (χ2v) is 12.7. The lowest BCUT2D eigenvalue weighted by Crippen LogP contribution is -2.63. The number of Topliss-reactive ketones (excluding diaryl/α,β-unsaturated/α-hetero) is 2. The molecule has 0 spiro atoms. The first-order valence-corrected chi connectivity index (χ1v) is 14.9. The lowest BCUT2D eigenvalue weighted by atomic mass is 9.58. The highest BCUT2D eigenvalue weighted by atomic mass is 79.9. The van der Waals surface area contributed by atoms with Crippen molar-refractivity contribution in [2.75, 3.05) is 41.3 Å². The third-order valence-corrected chi connectivity index (χ3v) is 8.96. The van der Waals surface area contributed by atoms with Gasteiger partial charge in [0.05, 0.1) is 12.6 Å². The fourth-order valence-corrected chi connectivity index (χ4v) is 6.68. The maximum atomic E-state index is 13.6. The Balaban J connectivity index is 1.65. The minimum Gasteiger partial charge on any atom is -0.510 e. The Morgan fingerprint density at radius 1 is 1.16 bits per heavy atom. The number of nitrogens with zero attached hydrogens (tertiary/aromatic N) is 2. The van der Waals surface area contributed by atoms with Crippen LogP contribution >= 0.6 is 15.9 Å². The quantitative estimate of drug-likeness (QED) is 0.217. The predicted octanol–water partition coefficient (Wildman–Crippen LogP) is 1.62. The van der Waals surface area contributed by atoms with E-state index in [1.165, 1.54) is 4.90 Å². The molecular weight excluding hydrogens is 652 g/mol. The van der Waals surface area contributed by atoms with Crippen LogP contribution in [0.4, 0.5) is 4.79 Å². The van der Waals surface area contributed by atoms with Gasteiger partial charge in [-0.1, -0.05) is 15.9 Å². The van der Waals surface area contributed by atoms with Crippen LogP contribution in [0.15, 0.2) is 74.3 Å². The highest BCUT2D eigenvalue weighted by Crippen LogP contribution is 2.52. The number of ketones is 2. The number of hydrogen-bond donors (Lipinski definition) is 6. The van der Waals surface area contributed by atoms with Gasteiger partial charge in [-0.15, -0.1) is 0 Å². The van der Waals surface area contributed by atoms with Crippen molar-refractivity contribution in [1.82, 2.24) is 15.1 Å². The summed E-state index contributed by atoms with van der Waals surface area (Å²) in [4.78, 5) is 54.6. The summed E-state index contributed by atoms with van der Waals surface area (Å²) in [6.07, 6.45) is 1.06. The number of aliphatic hydroxyl groups excluding tert-OH is 3. The monoisotopic (exact) mass is 688 g/mol. The van der Waals surface area contributed by atoms with Crippen molar-refractivity contribution in [2.24, 2.45) is 17.6 Å². The van der Waals surface area contributed by atoms with Gasteiger partial charge >= 0.3 is 6.09 Å². The van der Waals surface area contributed by atoms with Crippen LogP contribution in [0.3, 0.4) is 0 Å². The summed E-state index contributed by atoms with van der Waals surface area (Å²) in [6, 6.07) is 5.62. The molecule has 13 nitrogen and oxygen atoms in total. The topological polar surface area (TPSA) is 203 Å². The molecule has 14 heteroatoms. The molecule has 0 saturated heterocycles. The Kier molecular flexibility index (Phi) is 9.92. The number of hydrogen-bond acceptors (Lipinski definition) is 11. The van der Waals surface area contributed by atoms with Gasteiger partial charge in [0.25, 0.3) is 5.91 Å². The molecule has 0 radical (unpaired) electrons. The summed E-state index contributed by atoms with van der Waals surface area (Å²) in [7, 11) is 6.67. The number of amides is 2. The molecule has 3 aliphatic rings. The number of aliphatic hydroxyl groups is 4. The molecule has 0 heterocycles. The number of primary amides is 1. The molecule has 1 fully saturated rings. The van der Waals surface area contributed by atoms with Crippen LogP contribution in [0, 0.1) is 11.8 Å². The van der Waals surface area contributed by atoms with Crippen LogP contribution in [-0.4, -0.2) is 107 Å². The van der Waals surface area contributed by atoms with Crippen LogP contribution in [0.2, 0.25) is 0 Å². The van der Waals surface area contributed by atoms with Crippen molar-refractivity contribution < 1.29 is 44.3 Å². The van der Waals surface area contributed by atoms with Crippen molar-refractivity contribution in [1.29, 1.82) is 0 Å². The Morgan fingerprint density at radius 2 is 1.80 bits per heavy atom. The summed E-state index contributed by atoms with van der Waals surface area (Å²) in [5.74, 6) is -5.85. The maximum Gasteiger partial charge on any atom is 0.412 e. The van der Waals surface area contributed by atoms with Crippen molar-refractivity contribution >= 4 is 39.5 Å². The van der Waals surface area contributed by atoms with Crippen LogP contribution < -0.4 is 15.8 Å². The lowest BCUT2D eigenvalue weighted by Gasteiger charge is -2.50. The highest BCUT2D eigenvalue weighted by Gasteiger charge is 2.63. The second-order valence-electron chi connectivity index (χ2n) is 11.8. The van der Waals surface area contributed by atoms with E-state index in [0.29, 0.717) is 22.6 Å². The lowest BCUT2D eigenvalue weighted by molar-refractivity contribution is -0.149. The Hall–Kier alpha value is -3.98. The summed E-state index contributed by atoms with van der Waals surface area (Å²) >= 11 is 3.31. The van der Waals surface area contributed by atoms with Gasteiger partial charge in [0.1, 0.15) is 22.8 Å². The average molecular weight is 690 g/mol. The number of likely N-dealkylation sites (N-methyl/N-ethyl adjacent to an activating group) is 2. The van der Waals surface area contributed by atoms with E-state index in [1.54, 1.807) is 63.4 Å². The number of carbonyl (C=O) groups excluding carboxylic acids is 4. The molecule has 0 aliphatic heterocycles. The van der Waals surface area contributed by atoms with Gasteiger partial charge in [-0.2, -0.15) is 0 Å². The third kappa shape index (κ3) is 6.41. The molecule has 1 saturated carbocycles. The van der Waals surface area contributed by atoms with Gasteiger partial charge in [0.2, 0.25) is 5.78 Å². The summed E-state index contributed by atoms with van der Waals surface area (Å²) in [6.45, 7) is -0.447. The standard InChI is InChI=1S/C31H37BrN4O9/c1-35(2)21(9-15(14-37)13-34-30(43)45-19-7-5-18(32)6-8-19)16-10-17-11-20-25(36(3)4)26(39)24(29(33)42)28(41)31(20,44)27(40)23(17)22(38)12-16/h5-9,17,20,25,37,39-40,44H,10-14H2,1-4H3,(H2,33,42)(H,34,43)/b15-9-,21-16+/t17-,20-,25-,31-/m0/s1. The van der Waals surface area contributed by atoms with E-state index in [2.05, 4.69) is 21.2 Å². The summed E-state index contributed by atoms with van der Waals surface area (Å²) in [5.41, 5.74) is 3.51. The Bertz CT molecular complexity index is 1540. The largest absolute Gasteiger partial charge is 0.510 e. The smallest absolute Gasteiger partial charge is 0.412 e. The maximum absolute atomic E-state index is 13.6. The number of ether oxygens (including phenoxy) is 1. The van der Waals surface area contributed by atoms with Gasteiger partial charge in [-0.25, -0.2) is 4.79 Å². The number of halogens is 1. The first-order chi connectivity index (χ1) is 21.1. The van der Waals surface area contributed by atoms with Crippen LogP contribution in [0.1, 0.15) is 19.3 Å². The zero-order chi connectivity index (χ0) is 33.4. The molecular formula is C31H37BrN4O9. The van der Waals surface area contributed by atoms with Gasteiger partial charge in [-0.05, 0) is 74.3 Å². The molecule has 0 aromatic heterocycles. The second kappa shape index (κ2) is 13.2. The number of benzene rings is 1. The van der Waals surface area contributed by atoms with Gasteiger partial charge in [0.15, 0.2) is 11.4 Å². The number of fused-ring (bicyclic) bond motifs is 2. The molecule has 4 atom stereocenters. The molecule has 45 heavy (non-hydrogen) atoms. The van der Waals surface area contributed by atoms with Crippen LogP contribution in [0.25, 0.3) is 0 Å². The number of carbonyl (C=O) groups is 4. The normalized spacial score (nSPS) is 26.4. The Morgan fingerprint density at radius 3 is 2.36 bits per heavy atom. The molecule has 3 aliphatic carbocycles. The molecule has 4 rings (SSSR count). The van der Waals surface area contributed by atoms with Crippen molar-refractivity contribution in [3.63, 3.8) is 0 Å². The van der Waals surface area contributed by atoms with E-state index in [0.717, 1.165) is 4.47 Å². The third-order valence-electron chi connectivity index (χ3n) is 8.43. The van der Waals surface area contributed by atoms with Gasteiger partial charge in [-0.3, -0.25) is 19.3 Å². The summed E-state index contributed by atoms with van der Waals surface area (Å²) in [5, 5.41) is 46.6. The van der Waals surface area contributed by atoms with Crippen LogP contribution in [-0.2, 0) is 14.4 Å². The Labute approximate surface area is 268 Å². The van der Waals surface area contributed by atoms with E-state index < -0.39 is 70.7 Å². The molecule has 2 amide bonds. The average Bonchev–Trinajstić information content (AvgIpc) is 2.95. The van der Waals surface area contributed by atoms with E-state index in [4.69, 9.17) is 10.5 Å². The minimum absolute atomic E-state index is 0.0244.